The molecule has 1 fully saturated rings. The summed E-state index contributed by atoms with van der Waals surface area (Å²) >= 11 is 3.48. The molecule has 0 radical (unpaired) electrons. The lowest BCUT2D eigenvalue weighted by atomic mass is 9.89. The van der Waals surface area contributed by atoms with Gasteiger partial charge in [0.2, 0.25) is 5.91 Å². The molecule has 0 unspecified atom stereocenters. The predicted molar refractivity (Wildman–Crippen MR) is 117 cm³/mol. The fraction of sp³-hybridized carbons (Fsp3) is 0.391. The SMILES string of the molecule is COc1ccc([C@@H]2Oc3ccc(Br)cc3[C@H]2C(=O)N2C(=O)OC[C@H]2C(C)C)cc1OC. The van der Waals surface area contributed by atoms with Crippen molar-refractivity contribution in [2.75, 3.05) is 20.8 Å². The van der Waals surface area contributed by atoms with Crippen molar-refractivity contribution in [3.8, 4) is 17.2 Å². The Bertz CT molecular complexity index is 1020. The number of imide groups is 1. The zero-order valence-corrected chi connectivity index (χ0v) is 19.3. The van der Waals surface area contributed by atoms with Gasteiger partial charge in [-0.2, -0.15) is 0 Å². The van der Waals surface area contributed by atoms with E-state index in [9.17, 15) is 9.59 Å². The lowest BCUT2D eigenvalue weighted by Gasteiger charge is -2.27. The van der Waals surface area contributed by atoms with Crippen molar-refractivity contribution in [1.82, 2.24) is 4.90 Å². The molecule has 2 aromatic rings. The Kier molecular flexibility index (Phi) is 5.83. The van der Waals surface area contributed by atoms with Gasteiger partial charge < -0.3 is 18.9 Å². The van der Waals surface area contributed by atoms with Crippen LogP contribution in [0.3, 0.4) is 0 Å². The maximum Gasteiger partial charge on any atom is 0.417 e. The summed E-state index contributed by atoms with van der Waals surface area (Å²) in [6, 6.07) is 10.6. The summed E-state index contributed by atoms with van der Waals surface area (Å²) in [7, 11) is 3.12. The number of amides is 2. The lowest BCUT2D eigenvalue weighted by Crippen LogP contribution is -2.45. The molecule has 0 saturated carbocycles. The zero-order valence-electron chi connectivity index (χ0n) is 17.8. The molecule has 2 aliphatic rings. The highest BCUT2D eigenvalue weighted by atomic mass is 79.9. The number of rotatable bonds is 5. The summed E-state index contributed by atoms with van der Waals surface area (Å²) in [5.41, 5.74) is 1.47. The molecule has 3 atom stereocenters. The second-order valence-corrected chi connectivity index (χ2v) is 8.82. The average Bonchev–Trinajstić information content (AvgIpc) is 3.33. The topological polar surface area (TPSA) is 74.3 Å². The summed E-state index contributed by atoms with van der Waals surface area (Å²) in [5, 5.41) is 0. The molecule has 0 aromatic heterocycles. The number of carbonyl (C=O) groups is 2. The van der Waals surface area contributed by atoms with Crippen LogP contribution in [-0.2, 0) is 9.53 Å². The Morgan fingerprint density at radius 1 is 1.13 bits per heavy atom. The molecule has 2 aliphatic heterocycles. The van der Waals surface area contributed by atoms with Gasteiger partial charge in [-0.3, -0.25) is 4.79 Å². The highest BCUT2D eigenvalue weighted by molar-refractivity contribution is 9.10. The van der Waals surface area contributed by atoms with Crippen LogP contribution < -0.4 is 14.2 Å². The molecular formula is C23H24BrNO6. The largest absolute Gasteiger partial charge is 0.493 e. The van der Waals surface area contributed by atoms with Crippen molar-refractivity contribution in [1.29, 1.82) is 0 Å². The molecule has 0 aliphatic carbocycles. The van der Waals surface area contributed by atoms with Crippen molar-refractivity contribution in [3.05, 3.63) is 52.0 Å². The fourth-order valence-corrected chi connectivity index (χ4v) is 4.50. The van der Waals surface area contributed by atoms with Crippen molar-refractivity contribution in [2.24, 2.45) is 5.92 Å². The van der Waals surface area contributed by atoms with Gasteiger partial charge in [-0.25, -0.2) is 9.69 Å². The smallest absolute Gasteiger partial charge is 0.417 e. The molecule has 31 heavy (non-hydrogen) atoms. The van der Waals surface area contributed by atoms with Gasteiger partial charge in [0, 0.05) is 10.0 Å². The van der Waals surface area contributed by atoms with Crippen LogP contribution in [-0.4, -0.2) is 43.8 Å². The molecule has 0 spiro atoms. The molecular weight excluding hydrogens is 466 g/mol. The van der Waals surface area contributed by atoms with Crippen LogP contribution >= 0.6 is 15.9 Å². The first-order chi connectivity index (χ1) is 14.8. The van der Waals surface area contributed by atoms with Gasteiger partial charge in [0.15, 0.2) is 11.5 Å². The number of nitrogens with zero attached hydrogens (tertiary/aromatic N) is 1. The highest BCUT2D eigenvalue weighted by Crippen LogP contribution is 2.49. The number of benzene rings is 2. The number of hydrogen-bond donors (Lipinski definition) is 0. The number of ether oxygens (including phenoxy) is 4. The molecule has 2 amide bonds. The number of carbonyl (C=O) groups excluding carboxylic acids is 2. The van der Waals surface area contributed by atoms with E-state index in [2.05, 4.69) is 15.9 Å². The third-order valence-electron chi connectivity index (χ3n) is 5.78. The number of halogens is 1. The Morgan fingerprint density at radius 3 is 2.55 bits per heavy atom. The van der Waals surface area contributed by atoms with E-state index in [-0.39, 0.29) is 24.5 Å². The summed E-state index contributed by atoms with van der Waals surface area (Å²) in [4.78, 5) is 27.5. The van der Waals surface area contributed by atoms with E-state index in [1.807, 2.05) is 38.1 Å². The molecule has 0 bridgehead atoms. The van der Waals surface area contributed by atoms with Gasteiger partial charge in [-0.1, -0.05) is 35.8 Å². The van der Waals surface area contributed by atoms with Gasteiger partial charge in [0.1, 0.15) is 24.4 Å². The van der Waals surface area contributed by atoms with Gasteiger partial charge in [0.05, 0.1) is 20.3 Å². The maximum atomic E-state index is 13.8. The first-order valence-electron chi connectivity index (χ1n) is 10.0. The molecule has 0 N–H and O–H groups in total. The zero-order chi connectivity index (χ0) is 22.3. The molecule has 2 aromatic carbocycles. The second kappa shape index (κ2) is 8.42. The van der Waals surface area contributed by atoms with E-state index < -0.39 is 18.1 Å². The van der Waals surface area contributed by atoms with Crippen molar-refractivity contribution >= 4 is 27.9 Å². The van der Waals surface area contributed by atoms with Gasteiger partial charge in [0.25, 0.3) is 0 Å². The summed E-state index contributed by atoms with van der Waals surface area (Å²) in [6.07, 6.45) is -1.24. The van der Waals surface area contributed by atoms with Gasteiger partial charge in [-0.05, 0) is 41.8 Å². The maximum absolute atomic E-state index is 13.8. The van der Waals surface area contributed by atoms with Crippen LogP contribution in [0.15, 0.2) is 40.9 Å². The molecule has 4 rings (SSSR count). The quantitative estimate of drug-likeness (QED) is 0.606. The van der Waals surface area contributed by atoms with Gasteiger partial charge in [-0.15, -0.1) is 0 Å². The first-order valence-corrected chi connectivity index (χ1v) is 10.8. The van der Waals surface area contributed by atoms with E-state index in [1.165, 1.54) is 4.90 Å². The molecule has 8 heteroatoms. The number of hydrogen-bond acceptors (Lipinski definition) is 6. The van der Waals surface area contributed by atoms with Crippen molar-refractivity contribution < 1.29 is 28.5 Å². The van der Waals surface area contributed by atoms with E-state index >= 15 is 0 Å². The minimum atomic E-state index is -0.711. The Labute approximate surface area is 189 Å². The average molecular weight is 490 g/mol. The Hall–Kier alpha value is -2.74. The molecule has 1 saturated heterocycles. The van der Waals surface area contributed by atoms with Crippen LogP contribution in [0.25, 0.3) is 0 Å². The van der Waals surface area contributed by atoms with Crippen LogP contribution in [0, 0.1) is 5.92 Å². The molecule has 7 nitrogen and oxygen atoms in total. The minimum absolute atomic E-state index is 0.0687. The van der Waals surface area contributed by atoms with E-state index in [0.717, 1.165) is 15.6 Å². The molecule has 2 heterocycles. The first kappa shape index (κ1) is 21.5. The third kappa shape index (κ3) is 3.73. The van der Waals surface area contributed by atoms with Crippen molar-refractivity contribution in [2.45, 2.75) is 31.9 Å². The Balaban J connectivity index is 1.79. The standard InChI is InChI=1S/C23H24BrNO6/c1-12(2)16-11-30-23(27)25(16)22(26)20-15-10-14(24)6-8-17(15)31-21(20)13-5-7-18(28-3)19(9-13)29-4/h5-10,12,16,20-21H,11H2,1-4H3/t16-,20+,21-/m0/s1. The monoisotopic (exact) mass is 489 g/mol. The summed E-state index contributed by atoms with van der Waals surface area (Å²) in [6.45, 7) is 4.13. The second-order valence-electron chi connectivity index (χ2n) is 7.91. The number of fused-ring (bicyclic) bond motifs is 1. The van der Waals surface area contributed by atoms with Crippen LogP contribution in [0.4, 0.5) is 4.79 Å². The van der Waals surface area contributed by atoms with Gasteiger partial charge >= 0.3 is 6.09 Å². The van der Waals surface area contributed by atoms with Crippen LogP contribution in [0.5, 0.6) is 17.2 Å². The Morgan fingerprint density at radius 2 is 1.87 bits per heavy atom. The van der Waals surface area contributed by atoms with E-state index in [4.69, 9.17) is 18.9 Å². The number of cyclic esters (lactones) is 1. The summed E-state index contributed by atoms with van der Waals surface area (Å²) in [5.74, 6) is 0.743. The minimum Gasteiger partial charge on any atom is -0.493 e. The fourth-order valence-electron chi connectivity index (χ4n) is 4.12. The predicted octanol–water partition coefficient (Wildman–Crippen LogP) is 4.69. The van der Waals surface area contributed by atoms with Crippen LogP contribution in [0.2, 0.25) is 0 Å². The lowest BCUT2D eigenvalue weighted by molar-refractivity contribution is -0.132. The summed E-state index contributed by atoms with van der Waals surface area (Å²) < 4.78 is 23.0. The third-order valence-corrected chi connectivity index (χ3v) is 6.27. The highest BCUT2D eigenvalue weighted by Gasteiger charge is 2.49. The molecule has 164 valence electrons. The van der Waals surface area contributed by atoms with Crippen molar-refractivity contribution in [3.63, 3.8) is 0 Å². The normalized spacial score (nSPS) is 22.2. The van der Waals surface area contributed by atoms with Crippen LogP contribution in [0.1, 0.15) is 37.0 Å². The number of methoxy groups -OCH3 is 2. The van der Waals surface area contributed by atoms with E-state index in [1.54, 1.807) is 26.4 Å². The van der Waals surface area contributed by atoms with E-state index in [0.29, 0.717) is 17.2 Å².